The van der Waals surface area contributed by atoms with E-state index in [4.69, 9.17) is 0 Å². The first-order valence-corrected chi connectivity index (χ1v) is 28.0. The van der Waals surface area contributed by atoms with Gasteiger partial charge in [-0.25, -0.2) is 0 Å². The second kappa shape index (κ2) is 38.9. The molecular weight excluding hydrogens is 827 g/mol. The third-order valence-corrected chi connectivity index (χ3v) is 13.9. The van der Waals surface area contributed by atoms with Gasteiger partial charge in [-0.15, -0.1) is 0 Å². The molecule has 3 aromatic carbocycles. The molecule has 0 fully saturated rings. The molecule has 0 aromatic heterocycles. The largest absolute Gasteiger partial charge is 0.372 e. The maximum Gasteiger partial charge on any atom is 0.346 e. The van der Waals surface area contributed by atoms with Crippen molar-refractivity contribution in [2.24, 2.45) is 0 Å². The van der Waals surface area contributed by atoms with Gasteiger partial charge in [0, 0.05) is 30.9 Å². The molecule has 0 aliphatic carbocycles. The number of rotatable bonds is 44. The summed E-state index contributed by atoms with van der Waals surface area (Å²) in [5.74, 6) is 0. The molecule has 0 saturated carbocycles. The molecule has 7 heteroatoms. The Kier molecular flexibility index (Phi) is 33.3. The lowest BCUT2D eigenvalue weighted by Gasteiger charge is -2.25. The van der Waals surface area contributed by atoms with E-state index in [1.807, 2.05) is 18.2 Å². The van der Waals surface area contributed by atoms with Gasteiger partial charge in [-0.05, 0) is 53.3 Å². The second-order valence-electron chi connectivity index (χ2n) is 19.8. The second-order valence-corrected chi connectivity index (χ2v) is 19.8. The van der Waals surface area contributed by atoms with E-state index in [1.54, 1.807) is 6.08 Å². The highest BCUT2D eigenvalue weighted by atomic mass is 16.6. The number of hydrogen-bond acceptors (Lipinski definition) is 5. The van der Waals surface area contributed by atoms with E-state index in [0.717, 1.165) is 24.2 Å². The summed E-state index contributed by atoms with van der Waals surface area (Å²) in [6.45, 7) is 6.84. The highest BCUT2D eigenvalue weighted by Crippen LogP contribution is 2.29. The summed E-state index contributed by atoms with van der Waals surface area (Å²) in [6.07, 6.45) is 54.0. The number of anilines is 1. The maximum atomic E-state index is 11.4. The molecule has 0 heterocycles. The summed E-state index contributed by atoms with van der Waals surface area (Å²) >= 11 is 0. The fourth-order valence-corrected chi connectivity index (χ4v) is 9.57. The Balaban J connectivity index is 1.39. The maximum absolute atomic E-state index is 11.4. The van der Waals surface area contributed by atoms with Crippen molar-refractivity contribution in [3.05, 3.63) is 98.1 Å². The first kappa shape index (κ1) is 57.3. The predicted octanol–water partition coefficient (Wildman–Crippen LogP) is 20.2. The molecule has 0 amide bonds. The Morgan fingerprint density at radius 2 is 0.642 bits per heavy atom. The monoisotopic (exact) mass is 922 g/mol. The van der Waals surface area contributed by atoms with Gasteiger partial charge in [0.05, 0.1) is 9.85 Å². The van der Waals surface area contributed by atoms with Gasteiger partial charge >= 0.3 is 11.4 Å². The fraction of sp³-hybridized carbons (Fsp3) is 0.667. The van der Waals surface area contributed by atoms with Crippen molar-refractivity contribution in [2.75, 3.05) is 18.0 Å². The topological polar surface area (TPSA) is 89.5 Å². The Morgan fingerprint density at radius 1 is 0.358 bits per heavy atom. The zero-order valence-corrected chi connectivity index (χ0v) is 42.9. The number of nitro groups is 2. The van der Waals surface area contributed by atoms with Crippen molar-refractivity contribution < 1.29 is 9.85 Å². The lowest BCUT2D eigenvalue weighted by Crippen LogP contribution is -2.25. The van der Waals surface area contributed by atoms with E-state index in [2.05, 4.69) is 55.1 Å². The minimum atomic E-state index is -0.722. The quantitative estimate of drug-likeness (QED) is 0.0244. The predicted molar refractivity (Wildman–Crippen MR) is 290 cm³/mol. The van der Waals surface area contributed by atoms with Crippen LogP contribution in [0.5, 0.6) is 0 Å². The minimum absolute atomic E-state index is 0.503. The molecule has 0 radical (unpaired) electrons. The van der Waals surface area contributed by atoms with Crippen LogP contribution in [-0.2, 0) is 0 Å². The molecular formula is C60H95N3O4. The molecule has 0 aliphatic rings. The first-order chi connectivity index (χ1) is 32.9. The van der Waals surface area contributed by atoms with Crippen molar-refractivity contribution in [3.63, 3.8) is 0 Å². The summed E-state index contributed by atoms with van der Waals surface area (Å²) in [6, 6.07) is 21.3. The summed E-state index contributed by atoms with van der Waals surface area (Å²) in [7, 11) is 0. The molecule has 3 rings (SSSR count). The van der Waals surface area contributed by atoms with Gasteiger partial charge in [-0.1, -0.05) is 281 Å². The molecule has 67 heavy (non-hydrogen) atoms. The van der Waals surface area contributed by atoms with E-state index in [0.29, 0.717) is 5.56 Å². The van der Waals surface area contributed by atoms with Gasteiger partial charge in [0.2, 0.25) is 0 Å². The normalized spacial score (nSPS) is 11.5. The van der Waals surface area contributed by atoms with Crippen LogP contribution in [0.1, 0.15) is 256 Å². The Bertz CT molecular complexity index is 1670. The van der Waals surface area contributed by atoms with Crippen LogP contribution in [0, 0.1) is 20.2 Å². The Morgan fingerprint density at radius 3 is 0.970 bits per heavy atom. The third kappa shape index (κ3) is 27.6. The zero-order chi connectivity index (χ0) is 47.8. The van der Waals surface area contributed by atoms with E-state index in [-0.39, 0.29) is 0 Å². The van der Waals surface area contributed by atoms with E-state index >= 15 is 0 Å². The molecule has 0 saturated heterocycles. The molecule has 0 bridgehead atoms. The molecule has 7 nitrogen and oxygen atoms in total. The molecule has 374 valence electrons. The van der Waals surface area contributed by atoms with Gasteiger partial charge in [0.25, 0.3) is 0 Å². The fourth-order valence-electron chi connectivity index (χ4n) is 9.57. The average Bonchev–Trinajstić information content (AvgIpc) is 3.34. The lowest BCUT2D eigenvalue weighted by atomic mass is 10.0. The van der Waals surface area contributed by atoms with Crippen LogP contribution < -0.4 is 4.90 Å². The smallest absolute Gasteiger partial charge is 0.346 e. The lowest BCUT2D eigenvalue weighted by molar-refractivity contribution is -0.422. The number of nitro benzene ring substituents is 2. The standard InChI is InChI=1S/C60H95N3O4/c1-3-5-7-9-11-13-15-17-19-21-23-25-27-29-31-33-35-37-51-61(52-38-36-34-32-30-28-26-24-22-20-18-16-14-12-10-8-6-4-2)58-48-46-57(47-49-58)56-44-41-54(42-45-56)39-40-55-43-50-59(62(64)65)60(53-55)63(66)67/h39-50,53H,3-38,51-52H2,1-2H3. The molecule has 0 N–H and O–H groups in total. The van der Waals surface area contributed by atoms with Crippen LogP contribution in [0.3, 0.4) is 0 Å². The molecule has 0 unspecified atom stereocenters. The van der Waals surface area contributed by atoms with Crippen LogP contribution in [0.25, 0.3) is 23.3 Å². The Hall–Kier alpha value is -4.00. The SMILES string of the molecule is CCCCCCCCCCCCCCCCCCCCN(CCCCCCCCCCCCCCCCCCCC)c1ccc(-c2ccc(C=Cc3ccc([N+](=O)[O-])c([N+](=O)[O-])c3)cc2)cc1. The van der Waals surface area contributed by atoms with Crippen LogP contribution in [0.4, 0.5) is 17.1 Å². The van der Waals surface area contributed by atoms with Crippen molar-refractivity contribution in [1.82, 2.24) is 0 Å². The van der Waals surface area contributed by atoms with Gasteiger partial charge < -0.3 is 4.90 Å². The van der Waals surface area contributed by atoms with E-state index in [1.165, 1.54) is 261 Å². The van der Waals surface area contributed by atoms with E-state index < -0.39 is 21.2 Å². The van der Waals surface area contributed by atoms with Crippen molar-refractivity contribution in [1.29, 1.82) is 0 Å². The third-order valence-electron chi connectivity index (χ3n) is 13.9. The molecule has 3 aromatic rings. The van der Waals surface area contributed by atoms with Crippen LogP contribution >= 0.6 is 0 Å². The van der Waals surface area contributed by atoms with Gasteiger partial charge in [0.1, 0.15) is 0 Å². The van der Waals surface area contributed by atoms with Crippen LogP contribution in [0.15, 0.2) is 66.7 Å². The summed E-state index contributed by atoms with van der Waals surface area (Å²) in [4.78, 5) is 23.8. The Labute approximate surface area is 409 Å². The van der Waals surface area contributed by atoms with Crippen molar-refractivity contribution in [3.8, 4) is 11.1 Å². The highest BCUT2D eigenvalue weighted by molar-refractivity contribution is 5.74. The molecule has 0 spiro atoms. The zero-order valence-electron chi connectivity index (χ0n) is 42.9. The van der Waals surface area contributed by atoms with E-state index in [9.17, 15) is 20.2 Å². The van der Waals surface area contributed by atoms with Crippen molar-refractivity contribution >= 4 is 29.2 Å². The number of nitrogens with zero attached hydrogens (tertiary/aromatic N) is 3. The summed E-state index contributed by atoms with van der Waals surface area (Å²) < 4.78 is 0. The first-order valence-electron chi connectivity index (χ1n) is 28.0. The van der Waals surface area contributed by atoms with Crippen LogP contribution in [0.2, 0.25) is 0 Å². The van der Waals surface area contributed by atoms with Crippen molar-refractivity contribution in [2.45, 2.75) is 245 Å². The molecule has 0 atom stereocenters. The van der Waals surface area contributed by atoms with Gasteiger partial charge in [-0.3, -0.25) is 20.2 Å². The highest BCUT2D eigenvalue weighted by Gasteiger charge is 2.23. The minimum Gasteiger partial charge on any atom is -0.372 e. The van der Waals surface area contributed by atoms with Gasteiger partial charge in [0.15, 0.2) is 0 Å². The summed E-state index contributed by atoms with van der Waals surface area (Å²) in [5, 5.41) is 22.6. The van der Waals surface area contributed by atoms with Gasteiger partial charge in [-0.2, -0.15) is 0 Å². The number of unbranched alkanes of at least 4 members (excludes halogenated alkanes) is 34. The summed E-state index contributed by atoms with van der Waals surface area (Å²) in [5.41, 5.74) is 4.10. The number of benzene rings is 3. The van der Waals surface area contributed by atoms with Crippen LogP contribution in [-0.4, -0.2) is 22.9 Å². The average molecular weight is 922 g/mol. The number of hydrogen-bond donors (Lipinski definition) is 0. The molecule has 0 aliphatic heterocycles.